The fraction of sp³-hybridized carbons (Fsp3) is 0.263. The largest absolute Gasteiger partial charge is 0.322 e. The minimum absolute atomic E-state index is 0.288. The van der Waals surface area contributed by atoms with Gasteiger partial charge >= 0.3 is 6.03 Å². The number of amides is 3. The second-order valence-corrected chi connectivity index (χ2v) is 6.13. The van der Waals surface area contributed by atoms with E-state index in [1.165, 1.54) is 0 Å². The number of carbonyl (C=O) groups is 2. The summed E-state index contributed by atoms with van der Waals surface area (Å²) >= 11 is 0. The summed E-state index contributed by atoms with van der Waals surface area (Å²) < 4.78 is 0. The van der Waals surface area contributed by atoms with Gasteiger partial charge in [0.2, 0.25) is 0 Å². The lowest BCUT2D eigenvalue weighted by atomic mass is 9.86. The van der Waals surface area contributed by atoms with E-state index in [1.54, 1.807) is 0 Å². The lowest BCUT2D eigenvalue weighted by Crippen LogP contribution is -2.43. The second-order valence-electron chi connectivity index (χ2n) is 6.13. The fourth-order valence-electron chi connectivity index (χ4n) is 3.69. The number of carbonyl (C=O) groups excluding carboxylic acids is 2. The Morgan fingerprint density at radius 2 is 1.39 bits per heavy atom. The first kappa shape index (κ1) is 14.0. The van der Waals surface area contributed by atoms with E-state index >= 15 is 0 Å². The topological polar surface area (TPSA) is 58.2 Å². The van der Waals surface area contributed by atoms with Gasteiger partial charge in [0.1, 0.15) is 0 Å². The van der Waals surface area contributed by atoms with Crippen LogP contribution in [0.2, 0.25) is 0 Å². The summed E-state index contributed by atoms with van der Waals surface area (Å²) in [7, 11) is 0. The third-order valence-electron chi connectivity index (χ3n) is 4.95. The van der Waals surface area contributed by atoms with Crippen molar-refractivity contribution in [3.05, 3.63) is 58.7 Å². The molecule has 0 saturated carbocycles. The molecule has 0 unspecified atom stereocenters. The lowest BCUT2D eigenvalue weighted by molar-refractivity contribution is -0.122. The van der Waals surface area contributed by atoms with E-state index in [-0.39, 0.29) is 5.91 Å². The molecule has 2 aliphatic rings. The van der Waals surface area contributed by atoms with Crippen molar-refractivity contribution in [3.63, 3.8) is 0 Å². The van der Waals surface area contributed by atoms with Crippen LogP contribution in [0.15, 0.2) is 36.4 Å². The Kier molecular flexibility index (Phi) is 2.85. The van der Waals surface area contributed by atoms with Crippen LogP contribution in [0.3, 0.4) is 0 Å². The maximum Gasteiger partial charge on any atom is 0.322 e. The van der Waals surface area contributed by atoms with Gasteiger partial charge in [-0.15, -0.1) is 0 Å². The molecule has 0 aromatic heterocycles. The van der Waals surface area contributed by atoms with Gasteiger partial charge in [-0.3, -0.25) is 10.1 Å². The predicted molar refractivity (Wildman–Crippen MR) is 88.1 cm³/mol. The van der Waals surface area contributed by atoms with Gasteiger partial charge in [0.05, 0.1) is 0 Å². The third-order valence-corrected chi connectivity index (χ3v) is 4.95. The van der Waals surface area contributed by atoms with E-state index in [1.807, 2.05) is 12.1 Å². The number of aryl methyl sites for hydroxylation is 2. The molecule has 3 amide bonds. The Balaban J connectivity index is 2.06. The molecule has 0 atom stereocenters. The Bertz CT molecular complexity index is 801. The minimum atomic E-state index is -1.09. The second kappa shape index (κ2) is 4.69. The zero-order valence-electron chi connectivity index (χ0n) is 13.2. The van der Waals surface area contributed by atoms with Crippen molar-refractivity contribution in [1.82, 2.24) is 10.6 Å². The fourth-order valence-corrected chi connectivity index (χ4v) is 3.69. The summed E-state index contributed by atoms with van der Waals surface area (Å²) in [5, 5.41) is 5.31. The van der Waals surface area contributed by atoms with Gasteiger partial charge in [-0.1, -0.05) is 50.2 Å². The van der Waals surface area contributed by atoms with Crippen molar-refractivity contribution >= 4 is 11.9 Å². The molecule has 4 heteroatoms. The highest BCUT2D eigenvalue weighted by Gasteiger charge is 2.54. The zero-order chi connectivity index (χ0) is 16.2. The van der Waals surface area contributed by atoms with Gasteiger partial charge in [0.15, 0.2) is 5.54 Å². The Hall–Kier alpha value is -2.62. The van der Waals surface area contributed by atoms with Crippen LogP contribution in [0.4, 0.5) is 4.79 Å². The molecule has 1 aliphatic heterocycles. The summed E-state index contributed by atoms with van der Waals surface area (Å²) in [5.41, 5.74) is 5.03. The molecule has 23 heavy (non-hydrogen) atoms. The first-order valence-corrected chi connectivity index (χ1v) is 8.01. The quantitative estimate of drug-likeness (QED) is 0.838. The summed E-state index contributed by atoms with van der Waals surface area (Å²) in [4.78, 5) is 24.6. The monoisotopic (exact) mass is 306 g/mol. The molecule has 1 fully saturated rings. The molecule has 2 aromatic carbocycles. The molecule has 116 valence electrons. The summed E-state index contributed by atoms with van der Waals surface area (Å²) in [6.07, 6.45) is 1.77. The average molecular weight is 306 g/mol. The van der Waals surface area contributed by atoms with Crippen LogP contribution in [0.1, 0.15) is 36.1 Å². The molecular weight excluding hydrogens is 288 g/mol. The summed E-state index contributed by atoms with van der Waals surface area (Å²) in [5.74, 6) is -0.288. The van der Waals surface area contributed by atoms with E-state index in [0.29, 0.717) is 0 Å². The summed E-state index contributed by atoms with van der Waals surface area (Å²) in [6, 6.07) is 12.0. The highest BCUT2D eigenvalue weighted by atomic mass is 16.2. The highest BCUT2D eigenvalue weighted by molar-refractivity contribution is 6.13. The number of rotatable bonds is 2. The maximum absolute atomic E-state index is 12.7. The number of hydrogen-bond acceptors (Lipinski definition) is 2. The number of hydrogen-bond donors (Lipinski definition) is 2. The van der Waals surface area contributed by atoms with E-state index < -0.39 is 11.6 Å². The van der Waals surface area contributed by atoms with Crippen LogP contribution in [-0.4, -0.2) is 11.9 Å². The minimum Gasteiger partial charge on any atom is -0.316 e. The van der Waals surface area contributed by atoms with Gasteiger partial charge in [-0.25, -0.2) is 4.79 Å². The Morgan fingerprint density at radius 1 is 0.870 bits per heavy atom. The number of benzene rings is 2. The smallest absolute Gasteiger partial charge is 0.316 e. The van der Waals surface area contributed by atoms with Crippen LogP contribution < -0.4 is 10.6 Å². The van der Waals surface area contributed by atoms with E-state index in [9.17, 15) is 9.59 Å². The van der Waals surface area contributed by atoms with Crippen molar-refractivity contribution < 1.29 is 9.59 Å². The van der Waals surface area contributed by atoms with Crippen molar-refractivity contribution in [1.29, 1.82) is 0 Å². The molecular formula is C19H18N2O2. The molecule has 1 heterocycles. The molecule has 0 radical (unpaired) electrons. The van der Waals surface area contributed by atoms with Crippen LogP contribution in [0, 0.1) is 0 Å². The van der Waals surface area contributed by atoms with Gasteiger partial charge in [-0.05, 0) is 46.2 Å². The van der Waals surface area contributed by atoms with Gasteiger partial charge < -0.3 is 5.32 Å². The molecule has 4 rings (SSSR count). The number of nitrogens with one attached hydrogen (secondary N) is 2. The number of fused-ring (bicyclic) bond motifs is 5. The molecule has 4 nitrogen and oxygen atoms in total. The first-order valence-electron chi connectivity index (χ1n) is 8.01. The molecule has 1 saturated heterocycles. The van der Waals surface area contributed by atoms with Crippen molar-refractivity contribution in [2.24, 2.45) is 0 Å². The standard InChI is InChI=1S/C19H18N2O2/c1-3-11-5-7-13-14-8-6-12(4-2)10-16(14)19(15(13)9-11)17(22)20-18(23)21-19/h5-10H,3-4H2,1-2H3,(H2,20,21,22,23). The Labute approximate surface area is 134 Å². The first-order chi connectivity index (χ1) is 11.1. The van der Waals surface area contributed by atoms with E-state index in [2.05, 4.69) is 48.7 Å². The average Bonchev–Trinajstić information content (AvgIpc) is 3.02. The predicted octanol–water partition coefficient (Wildman–Crippen LogP) is 2.87. The summed E-state index contributed by atoms with van der Waals surface area (Å²) in [6.45, 7) is 4.16. The SMILES string of the molecule is CCc1ccc2c(c1)C1(NC(=O)NC1=O)c1cc(CC)ccc1-2. The van der Waals surface area contributed by atoms with Crippen molar-refractivity contribution in [2.75, 3.05) is 0 Å². The van der Waals surface area contributed by atoms with Gasteiger partial charge in [0, 0.05) is 0 Å². The normalized spacial score (nSPS) is 17.0. The lowest BCUT2D eigenvalue weighted by Gasteiger charge is -2.24. The third kappa shape index (κ3) is 1.72. The molecule has 2 N–H and O–H groups in total. The molecule has 1 aliphatic carbocycles. The number of urea groups is 1. The van der Waals surface area contributed by atoms with E-state index in [4.69, 9.17) is 0 Å². The number of imide groups is 1. The molecule has 2 aromatic rings. The van der Waals surface area contributed by atoms with Gasteiger partial charge in [0.25, 0.3) is 5.91 Å². The van der Waals surface area contributed by atoms with Gasteiger partial charge in [-0.2, -0.15) is 0 Å². The highest BCUT2D eigenvalue weighted by Crippen LogP contribution is 2.49. The zero-order valence-corrected chi connectivity index (χ0v) is 13.2. The van der Waals surface area contributed by atoms with Crippen LogP contribution in [0.5, 0.6) is 0 Å². The molecule has 0 bridgehead atoms. The van der Waals surface area contributed by atoms with Crippen LogP contribution in [0.25, 0.3) is 11.1 Å². The van der Waals surface area contributed by atoms with Crippen molar-refractivity contribution in [3.8, 4) is 11.1 Å². The van der Waals surface area contributed by atoms with Crippen LogP contribution in [-0.2, 0) is 23.2 Å². The Morgan fingerprint density at radius 3 is 1.78 bits per heavy atom. The van der Waals surface area contributed by atoms with Crippen LogP contribution >= 0.6 is 0 Å². The maximum atomic E-state index is 12.7. The van der Waals surface area contributed by atoms with E-state index in [0.717, 1.165) is 46.2 Å². The molecule has 1 spiro atoms. The van der Waals surface area contributed by atoms with Crippen molar-refractivity contribution in [2.45, 2.75) is 32.2 Å².